The molecule has 1 aliphatic heterocycles. The van der Waals surface area contributed by atoms with Crippen molar-refractivity contribution in [2.45, 2.75) is 38.9 Å². The number of benzene rings is 2. The molecule has 0 saturated carbocycles. The maximum Gasteiger partial charge on any atom is 0.416 e. The van der Waals surface area contributed by atoms with Crippen LogP contribution in [-0.2, 0) is 15.7 Å². The summed E-state index contributed by atoms with van der Waals surface area (Å²) < 4.78 is 46.0. The van der Waals surface area contributed by atoms with Gasteiger partial charge in [0, 0.05) is 30.4 Å². The summed E-state index contributed by atoms with van der Waals surface area (Å²) in [6.07, 6.45) is -1.46. The molecule has 2 aromatic carbocycles. The zero-order chi connectivity index (χ0) is 29.7. The quantitative estimate of drug-likeness (QED) is 0.236. The number of rotatable bonds is 8. The Morgan fingerprint density at radius 2 is 1.90 bits per heavy atom. The number of carbonyl (C=O) groups excluding carboxylic acids is 1. The third-order valence-corrected chi connectivity index (χ3v) is 7.19. The third kappa shape index (κ3) is 6.67. The summed E-state index contributed by atoms with van der Waals surface area (Å²) in [4.78, 5) is 23.5. The Morgan fingerprint density at radius 3 is 2.67 bits per heavy atom. The number of nitrogens with one attached hydrogen (secondary N) is 1. The number of esters is 1. The fraction of sp³-hybridized carbons (Fsp3) is 0.323. The van der Waals surface area contributed by atoms with Crippen LogP contribution >= 0.6 is 0 Å². The Morgan fingerprint density at radius 1 is 1.10 bits per heavy atom. The van der Waals surface area contributed by atoms with Crippen molar-refractivity contribution in [1.29, 1.82) is 0 Å². The van der Waals surface area contributed by atoms with Crippen LogP contribution in [0.4, 0.5) is 24.9 Å². The molecule has 8 nitrogen and oxygen atoms in total. The Balaban J connectivity index is 1.54. The molecule has 0 spiro atoms. The molecule has 0 bridgehead atoms. The van der Waals surface area contributed by atoms with Gasteiger partial charge < -0.3 is 15.0 Å². The Hall–Kier alpha value is -4.54. The molecular formula is C31H31F3N6O2. The summed E-state index contributed by atoms with van der Waals surface area (Å²) in [7, 11) is 0. The number of ether oxygens (including phenoxy) is 1. The van der Waals surface area contributed by atoms with Gasteiger partial charge in [-0.05, 0) is 56.5 Å². The Labute approximate surface area is 242 Å². The zero-order valence-electron chi connectivity index (χ0n) is 23.3. The van der Waals surface area contributed by atoms with E-state index in [1.807, 2.05) is 42.2 Å². The number of carbonyl (C=O) groups is 1. The van der Waals surface area contributed by atoms with Crippen molar-refractivity contribution in [1.82, 2.24) is 20.2 Å². The number of hydrogen-bond acceptors (Lipinski definition) is 8. The SMILES string of the molecule is CCOC(=O)C1CCCN(c2cc(-c3ccnc(N[C@@H](C)c4ccccc4)n3)c(-c3cccc(C(F)(F)F)c3)nn2)C1. The first-order chi connectivity index (χ1) is 20.2. The number of piperidine rings is 1. The van der Waals surface area contributed by atoms with E-state index in [0.29, 0.717) is 49.1 Å². The van der Waals surface area contributed by atoms with Gasteiger partial charge >= 0.3 is 12.1 Å². The first-order valence-electron chi connectivity index (χ1n) is 13.8. The number of nitrogens with zero attached hydrogens (tertiary/aromatic N) is 5. The highest BCUT2D eigenvalue weighted by molar-refractivity contribution is 5.81. The van der Waals surface area contributed by atoms with Crippen LogP contribution in [-0.4, -0.2) is 45.8 Å². The van der Waals surface area contributed by atoms with Crippen LogP contribution in [0.15, 0.2) is 72.9 Å². The lowest BCUT2D eigenvalue weighted by Gasteiger charge is -2.32. The predicted molar refractivity (Wildman–Crippen MR) is 154 cm³/mol. The van der Waals surface area contributed by atoms with E-state index in [1.165, 1.54) is 6.07 Å². The average Bonchev–Trinajstić information content (AvgIpc) is 3.01. The molecule has 218 valence electrons. The molecule has 2 atom stereocenters. The summed E-state index contributed by atoms with van der Waals surface area (Å²) in [5.41, 5.74) is 1.74. The van der Waals surface area contributed by atoms with Crippen molar-refractivity contribution in [2.24, 2.45) is 5.92 Å². The van der Waals surface area contributed by atoms with Crippen molar-refractivity contribution in [3.8, 4) is 22.5 Å². The van der Waals surface area contributed by atoms with Crippen LogP contribution in [0.5, 0.6) is 0 Å². The highest BCUT2D eigenvalue weighted by Crippen LogP contribution is 2.36. The van der Waals surface area contributed by atoms with E-state index in [9.17, 15) is 18.0 Å². The molecule has 0 radical (unpaired) electrons. The Bertz CT molecular complexity index is 1530. The first kappa shape index (κ1) is 29.0. The normalized spacial score (nSPS) is 16.1. The number of hydrogen-bond donors (Lipinski definition) is 1. The second kappa shape index (κ2) is 12.5. The van der Waals surface area contributed by atoms with E-state index in [1.54, 1.807) is 31.3 Å². The predicted octanol–water partition coefficient (Wildman–Crippen LogP) is 6.57. The molecule has 1 fully saturated rings. The third-order valence-electron chi connectivity index (χ3n) is 7.19. The number of halogens is 3. The molecule has 0 amide bonds. The van der Waals surface area contributed by atoms with Gasteiger partial charge in [0.25, 0.3) is 0 Å². The molecule has 1 aliphatic rings. The molecule has 5 rings (SSSR count). The minimum Gasteiger partial charge on any atom is -0.466 e. The summed E-state index contributed by atoms with van der Waals surface area (Å²) in [5, 5.41) is 12.1. The van der Waals surface area contributed by atoms with Crippen LogP contribution in [0.3, 0.4) is 0 Å². The van der Waals surface area contributed by atoms with E-state index >= 15 is 0 Å². The highest BCUT2D eigenvalue weighted by atomic mass is 19.4. The number of alkyl halides is 3. The summed E-state index contributed by atoms with van der Waals surface area (Å²) in [5.74, 6) is 0.300. The van der Waals surface area contributed by atoms with Gasteiger partial charge in [0.1, 0.15) is 5.69 Å². The van der Waals surface area contributed by atoms with Crippen LogP contribution in [0.2, 0.25) is 0 Å². The monoisotopic (exact) mass is 576 g/mol. The van der Waals surface area contributed by atoms with Crippen molar-refractivity contribution < 1.29 is 22.7 Å². The lowest BCUT2D eigenvalue weighted by atomic mass is 9.97. The van der Waals surface area contributed by atoms with Crippen LogP contribution in [0.25, 0.3) is 22.5 Å². The molecule has 4 aromatic rings. The van der Waals surface area contributed by atoms with Crippen molar-refractivity contribution in [3.63, 3.8) is 0 Å². The van der Waals surface area contributed by atoms with Crippen molar-refractivity contribution >= 4 is 17.7 Å². The molecule has 1 N–H and O–H groups in total. The second-order valence-corrected chi connectivity index (χ2v) is 10.1. The summed E-state index contributed by atoms with van der Waals surface area (Å²) in [6.45, 7) is 5.12. The van der Waals surface area contributed by atoms with Gasteiger partial charge in [-0.15, -0.1) is 10.2 Å². The zero-order valence-corrected chi connectivity index (χ0v) is 23.3. The summed E-state index contributed by atoms with van der Waals surface area (Å²) in [6, 6.07) is 18.2. The highest BCUT2D eigenvalue weighted by Gasteiger charge is 2.31. The molecule has 0 aliphatic carbocycles. The Kier molecular flexibility index (Phi) is 8.65. The van der Waals surface area contributed by atoms with Crippen molar-refractivity contribution in [3.05, 3.63) is 84.1 Å². The second-order valence-electron chi connectivity index (χ2n) is 10.1. The van der Waals surface area contributed by atoms with E-state index in [-0.39, 0.29) is 29.2 Å². The van der Waals surface area contributed by atoms with Crippen LogP contribution in [0.1, 0.15) is 43.9 Å². The molecule has 11 heteroatoms. The lowest BCUT2D eigenvalue weighted by molar-refractivity contribution is -0.148. The van der Waals surface area contributed by atoms with E-state index in [4.69, 9.17) is 9.72 Å². The van der Waals surface area contributed by atoms with Crippen LogP contribution in [0, 0.1) is 5.92 Å². The molecule has 1 saturated heterocycles. The smallest absolute Gasteiger partial charge is 0.416 e. The van der Waals surface area contributed by atoms with Gasteiger partial charge in [-0.1, -0.05) is 42.5 Å². The van der Waals surface area contributed by atoms with E-state index in [0.717, 1.165) is 24.1 Å². The van der Waals surface area contributed by atoms with Crippen LogP contribution < -0.4 is 10.2 Å². The molecule has 42 heavy (non-hydrogen) atoms. The minimum atomic E-state index is -4.51. The van der Waals surface area contributed by atoms with Crippen molar-refractivity contribution in [2.75, 3.05) is 29.9 Å². The molecule has 1 unspecified atom stereocenters. The molecule has 2 aromatic heterocycles. The average molecular weight is 577 g/mol. The minimum absolute atomic E-state index is 0.0938. The maximum absolute atomic E-state index is 13.6. The largest absolute Gasteiger partial charge is 0.466 e. The van der Waals surface area contributed by atoms with E-state index in [2.05, 4.69) is 20.5 Å². The standard InChI is InChI=1S/C31H31F3N6O2/c1-3-42-29(41)23-12-8-16-40(19-23)27-18-25(28(39-38-27)22-11-7-13-24(17-22)31(32,33)34)26-14-15-35-30(37-26)36-20(2)21-9-5-4-6-10-21/h4-7,9-11,13-15,17-18,20,23H,3,8,12,16,19H2,1-2H3,(H,35,36,37)/t20-,23?/m0/s1. The fourth-order valence-electron chi connectivity index (χ4n) is 5.02. The fourth-order valence-corrected chi connectivity index (χ4v) is 5.02. The number of anilines is 2. The van der Waals surface area contributed by atoms with Gasteiger partial charge in [-0.2, -0.15) is 13.2 Å². The van der Waals surface area contributed by atoms with Gasteiger partial charge in [0.2, 0.25) is 5.95 Å². The van der Waals surface area contributed by atoms with Gasteiger partial charge in [-0.25, -0.2) is 9.97 Å². The van der Waals surface area contributed by atoms with Gasteiger partial charge in [0.15, 0.2) is 5.82 Å². The summed E-state index contributed by atoms with van der Waals surface area (Å²) >= 11 is 0. The van der Waals surface area contributed by atoms with E-state index < -0.39 is 11.7 Å². The molecule has 3 heterocycles. The topological polar surface area (TPSA) is 93.1 Å². The maximum atomic E-state index is 13.6. The number of aromatic nitrogens is 4. The first-order valence-corrected chi connectivity index (χ1v) is 13.8. The lowest BCUT2D eigenvalue weighted by Crippen LogP contribution is -2.40. The van der Waals surface area contributed by atoms with Gasteiger partial charge in [0.05, 0.1) is 29.8 Å². The van der Waals surface area contributed by atoms with Gasteiger partial charge in [-0.3, -0.25) is 4.79 Å². The molecular weight excluding hydrogens is 545 g/mol.